The Morgan fingerprint density at radius 3 is 2.63 bits per heavy atom. The Bertz CT molecular complexity index is 1020. The van der Waals surface area contributed by atoms with E-state index in [1.165, 1.54) is 9.36 Å². The Labute approximate surface area is 158 Å². The van der Waals surface area contributed by atoms with Gasteiger partial charge in [0.05, 0.1) is 11.4 Å². The smallest absolute Gasteiger partial charge is 0.364 e. The average molecular weight is 367 g/mol. The second-order valence-electron chi connectivity index (χ2n) is 6.74. The van der Waals surface area contributed by atoms with E-state index >= 15 is 0 Å². The Hall–Kier alpha value is -3.22. The topological polar surface area (TPSA) is 67.5 Å². The number of aryl methyl sites for hydroxylation is 2. The van der Waals surface area contributed by atoms with Crippen LogP contribution in [0.5, 0.6) is 0 Å². The molecule has 142 valence electrons. The van der Waals surface area contributed by atoms with Gasteiger partial charge in [-0.1, -0.05) is 29.4 Å². The van der Waals surface area contributed by atoms with Gasteiger partial charge in [-0.15, -0.1) is 0 Å². The normalized spacial score (nSPS) is 11.7. The maximum Gasteiger partial charge on any atom is 0.364 e. The molecule has 1 aromatic heterocycles. The van der Waals surface area contributed by atoms with Crippen molar-refractivity contribution in [2.75, 3.05) is 19.0 Å². The van der Waals surface area contributed by atoms with Gasteiger partial charge in [0.15, 0.2) is 0 Å². The van der Waals surface area contributed by atoms with Crippen molar-refractivity contribution in [2.45, 2.75) is 20.5 Å². The van der Waals surface area contributed by atoms with Crippen LogP contribution >= 0.6 is 0 Å². The minimum absolute atomic E-state index is 0.109. The molecule has 0 aliphatic heterocycles. The van der Waals surface area contributed by atoms with E-state index in [9.17, 15) is 4.79 Å². The number of anilines is 1. The summed E-state index contributed by atoms with van der Waals surface area (Å²) in [5.41, 5.74) is 5.54. The highest BCUT2D eigenvalue weighted by Crippen LogP contribution is 2.19. The zero-order chi connectivity index (χ0) is 19.6. The first-order chi connectivity index (χ1) is 12.9. The molecule has 2 aromatic carbocycles. The molecule has 0 aliphatic rings. The summed E-state index contributed by atoms with van der Waals surface area (Å²) in [5, 5.41) is 7.21. The second-order valence-corrected chi connectivity index (χ2v) is 6.74. The van der Waals surface area contributed by atoms with Crippen molar-refractivity contribution < 1.29 is 4.84 Å². The second kappa shape index (κ2) is 7.57. The molecule has 7 heteroatoms. The fourth-order valence-corrected chi connectivity index (χ4v) is 2.84. The third-order valence-corrected chi connectivity index (χ3v) is 4.55. The molecule has 1 N–H and O–H groups in total. The molecule has 0 aliphatic carbocycles. The maximum atomic E-state index is 12.0. The van der Waals surface area contributed by atoms with Gasteiger partial charge in [0.2, 0.25) is 0 Å². The number of nitrogens with zero attached hydrogens (tertiary/aromatic N) is 4. The van der Waals surface area contributed by atoms with Gasteiger partial charge in [-0.3, -0.25) is 0 Å². The first kappa shape index (κ1) is 18.6. The van der Waals surface area contributed by atoms with Gasteiger partial charge in [0.25, 0.3) is 0 Å². The number of H-pyrrole nitrogens is 1. The van der Waals surface area contributed by atoms with Gasteiger partial charge in [0, 0.05) is 38.0 Å². The van der Waals surface area contributed by atoms with Crippen LogP contribution in [0.1, 0.15) is 23.6 Å². The molecule has 0 spiro atoms. The molecule has 7 nitrogen and oxygen atoms in total. The van der Waals surface area contributed by atoms with Gasteiger partial charge in [-0.2, -0.15) is 4.68 Å². The maximum absolute atomic E-state index is 12.0. The zero-order valence-electron chi connectivity index (χ0n) is 16.4. The highest BCUT2D eigenvalue weighted by Gasteiger charge is 2.13. The van der Waals surface area contributed by atoms with E-state index in [-0.39, 0.29) is 12.3 Å². The molecular weight excluding hydrogens is 342 g/mol. The van der Waals surface area contributed by atoms with Crippen LogP contribution < -0.4 is 10.6 Å². The molecule has 0 saturated carbocycles. The first-order valence-corrected chi connectivity index (χ1v) is 8.75. The van der Waals surface area contributed by atoms with Crippen molar-refractivity contribution in [1.82, 2.24) is 14.6 Å². The van der Waals surface area contributed by atoms with Crippen molar-refractivity contribution in [3.63, 3.8) is 0 Å². The van der Waals surface area contributed by atoms with Crippen LogP contribution in [0.3, 0.4) is 0 Å². The summed E-state index contributed by atoms with van der Waals surface area (Å²) in [6, 6.07) is 13.9. The summed E-state index contributed by atoms with van der Waals surface area (Å²) >= 11 is 0. The number of aromatic amines is 1. The third kappa shape index (κ3) is 3.81. The van der Waals surface area contributed by atoms with Crippen LogP contribution in [0.15, 0.2) is 52.4 Å². The van der Waals surface area contributed by atoms with Gasteiger partial charge in [0.1, 0.15) is 6.61 Å². The van der Waals surface area contributed by atoms with E-state index in [0.717, 1.165) is 33.8 Å². The fraction of sp³-hybridized carbons (Fsp3) is 0.300. The highest BCUT2D eigenvalue weighted by molar-refractivity contribution is 5.99. The third-order valence-electron chi connectivity index (χ3n) is 4.55. The SMILES string of the molecule is C/C(=N\OCc1c(C)cccc1-n1[nH]n(C)c1=O)c1cccc(N(C)C)c1. The molecule has 1 heterocycles. The standard InChI is InChI=1S/C20H25N5O2/c1-14-8-6-11-19(25-20(26)24(5)22-25)18(14)13-27-21-15(2)16-9-7-10-17(12-16)23(3)4/h6-12,22H,13H2,1-5H3/b21-15+. The number of nitrogens with one attached hydrogen (secondary N) is 1. The lowest BCUT2D eigenvalue weighted by atomic mass is 10.1. The molecule has 0 unspecified atom stereocenters. The molecule has 3 rings (SSSR count). The van der Waals surface area contributed by atoms with Crippen molar-refractivity contribution >= 4 is 11.4 Å². The van der Waals surface area contributed by atoms with Gasteiger partial charge in [-0.25, -0.2) is 14.7 Å². The van der Waals surface area contributed by atoms with Crippen LogP contribution in [0.2, 0.25) is 0 Å². The fourth-order valence-electron chi connectivity index (χ4n) is 2.84. The molecule has 0 amide bonds. The highest BCUT2D eigenvalue weighted by atomic mass is 16.6. The van der Waals surface area contributed by atoms with Gasteiger partial charge in [-0.05, 0) is 37.6 Å². The van der Waals surface area contributed by atoms with E-state index in [0.29, 0.717) is 0 Å². The Kier molecular flexibility index (Phi) is 5.21. The van der Waals surface area contributed by atoms with Gasteiger partial charge < -0.3 is 9.74 Å². The number of oxime groups is 1. The molecule has 27 heavy (non-hydrogen) atoms. The van der Waals surface area contributed by atoms with E-state index in [4.69, 9.17) is 4.84 Å². The van der Waals surface area contributed by atoms with Crippen LogP contribution in [-0.4, -0.2) is 34.4 Å². The monoisotopic (exact) mass is 367 g/mol. The number of hydrogen-bond donors (Lipinski definition) is 1. The van der Waals surface area contributed by atoms with Crippen LogP contribution in [0.4, 0.5) is 5.69 Å². The van der Waals surface area contributed by atoms with Crippen LogP contribution in [0, 0.1) is 6.92 Å². The molecule has 0 bridgehead atoms. The summed E-state index contributed by atoms with van der Waals surface area (Å²) in [5.74, 6) is 0. The number of benzene rings is 2. The Balaban J connectivity index is 1.80. The lowest BCUT2D eigenvalue weighted by Gasteiger charge is -2.18. The largest absolute Gasteiger partial charge is 0.391 e. The molecule has 0 radical (unpaired) electrons. The summed E-state index contributed by atoms with van der Waals surface area (Å²) < 4.78 is 2.93. The average Bonchev–Trinajstić information content (AvgIpc) is 2.67. The summed E-state index contributed by atoms with van der Waals surface area (Å²) in [6.45, 7) is 4.19. The van der Waals surface area contributed by atoms with Crippen molar-refractivity contribution in [3.8, 4) is 5.69 Å². The van der Waals surface area contributed by atoms with Crippen LogP contribution in [-0.2, 0) is 18.5 Å². The van der Waals surface area contributed by atoms with Gasteiger partial charge >= 0.3 is 5.69 Å². The minimum atomic E-state index is -0.109. The van der Waals surface area contributed by atoms with E-state index < -0.39 is 0 Å². The van der Waals surface area contributed by atoms with Crippen molar-refractivity contribution in [3.05, 3.63) is 69.6 Å². The molecule has 0 fully saturated rings. The molecule has 0 atom stereocenters. The van der Waals surface area contributed by atoms with E-state index in [1.807, 2.05) is 69.2 Å². The number of rotatable bonds is 6. The number of hydrogen-bond acceptors (Lipinski definition) is 4. The number of aromatic nitrogens is 3. The molecular formula is C20H25N5O2. The van der Waals surface area contributed by atoms with E-state index in [1.54, 1.807) is 7.05 Å². The van der Waals surface area contributed by atoms with Crippen molar-refractivity contribution in [2.24, 2.45) is 12.2 Å². The lowest BCUT2D eigenvalue weighted by molar-refractivity contribution is 0.129. The quantitative estimate of drug-likeness (QED) is 0.538. The Morgan fingerprint density at radius 2 is 1.96 bits per heavy atom. The predicted octanol–water partition coefficient (Wildman–Crippen LogP) is 2.82. The molecule has 3 aromatic rings. The summed E-state index contributed by atoms with van der Waals surface area (Å²) in [7, 11) is 5.69. The predicted molar refractivity (Wildman–Crippen MR) is 108 cm³/mol. The lowest BCUT2D eigenvalue weighted by Crippen LogP contribution is -2.40. The van der Waals surface area contributed by atoms with E-state index in [2.05, 4.69) is 16.4 Å². The first-order valence-electron chi connectivity index (χ1n) is 8.75. The minimum Gasteiger partial charge on any atom is -0.391 e. The van der Waals surface area contributed by atoms with Crippen LogP contribution in [0.25, 0.3) is 5.69 Å². The van der Waals surface area contributed by atoms with Crippen molar-refractivity contribution in [1.29, 1.82) is 0 Å². The zero-order valence-corrected chi connectivity index (χ0v) is 16.4. The summed E-state index contributed by atoms with van der Waals surface area (Å²) in [6.07, 6.45) is 0. The Morgan fingerprint density at radius 1 is 1.22 bits per heavy atom. The molecule has 0 saturated heterocycles. The summed E-state index contributed by atoms with van der Waals surface area (Å²) in [4.78, 5) is 19.7.